The predicted molar refractivity (Wildman–Crippen MR) is 109 cm³/mol. The molecular formula is C22H33NO4. The highest BCUT2D eigenvalue weighted by Gasteiger charge is 2.23. The fourth-order valence-corrected chi connectivity index (χ4v) is 3.02. The SMILES string of the molecule is CCCCc1c(C(=O)OCC)oc2cccc(OCCCNCC(C)C)c12. The van der Waals surface area contributed by atoms with Crippen molar-refractivity contribution in [3.63, 3.8) is 0 Å². The highest BCUT2D eigenvalue weighted by molar-refractivity contribution is 5.98. The zero-order valence-electron chi connectivity index (χ0n) is 17.1. The van der Waals surface area contributed by atoms with Crippen LogP contribution < -0.4 is 10.1 Å². The van der Waals surface area contributed by atoms with Gasteiger partial charge in [0.2, 0.25) is 5.76 Å². The summed E-state index contributed by atoms with van der Waals surface area (Å²) in [5.74, 6) is 1.34. The lowest BCUT2D eigenvalue weighted by Gasteiger charge is -2.10. The van der Waals surface area contributed by atoms with Crippen LogP contribution in [0.25, 0.3) is 11.0 Å². The Kier molecular flexibility index (Phi) is 8.65. The molecule has 27 heavy (non-hydrogen) atoms. The maximum Gasteiger partial charge on any atom is 0.374 e. The number of hydrogen-bond donors (Lipinski definition) is 1. The van der Waals surface area contributed by atoms with Gasteiger partial charge in [-0.05, 0) is 57.3 Å². The molecule has 0 aliphatic heterocycles. The Morgan fingerprint density at radius 2 is 2.04 bits per heavy atom. The summed E-state index contributed by atoms with van der Waals surface area (Å²) in [6, 6.07) is 5.73. The van der Waals surface area contributed by atoms with Gasteiger partial charge in [0.1, 0.15) is 11.3 Å². The van der Waals surface area contributed by atoms with E-state index >= 15 is 0 Å². The minimum absolute atomic E-state index is 0.315. The number of benzene rings is 1. The van der Waals surface area contributed by atoms with E-state index in [0.717, 1.165) is 55.5 Å². The Morgan fingerprint density at radius 1 is 1.22 bits per heavy atom. The van der Waals surface area contributed by atoms with E-state index in [1.807, 2.05) is 18.2 Å². The minimum Gasteiger partial charge on any atom is -0.493 e. The molecule has 0 saturated carbocycles. The van der Waals surface area contributed by atoms with E-state index in [-0.39, 0.29) is 0 Å². The van der Waals surface area contributed by atoms with Crippen LogP contribution in [0.4, 0.5) is 0 Å². The normalized spacial score (nSPS) is 11.3. The summed E-state index contributed by atoms with van der Waals surface area (Å²) in [5, 5.41) is 4.33. The molecule has 0 unspecified atom stereocenters. The fourth-order valence-electron chi connectivity index (χ4n) is 3.02. The molecule has 0 spiro atoms. The predicted octanol–water partition coefficient (Wildman–Crippen LogP) is 4.97. The lowest BCUT2D eigenvalue weighted by atomic mass is 10.0. The Labute approximate surface area is 162 Å². The van der Waals surface area contributed by atoms with E-state index in [0.29, 0.717) is 30.5 Å². The molecule has 0 atom stereocenters. The van der Waals surface area contributed by atoms with Crippen LogP contribution in [-0.2, 0) is 11.2 Å². The van der Waals surface area contributed by atoms with Gasteiger partial charge < -0.3 is 19.2 Å². The van der Waals surface area contributed by atoms with E-state index in [1.165, 1.54) is 0 Å². The number of aryl methyl sites for hydroxylation is 1. The Balaban J connectivity index is 2.17. The quantitative estimate of drug-likeness (QED) is 0.419. The van der Waals surface area contributed by atoms with Gasteiger partial charge in [0.25, 0.3) is 0 Å². The smallest absolute Gasteiger partial charge is 0.374 e. The van der Waals surface area contributed by atoms with Crippen molar-refractivity contribution in [2.45, 2.75) is 53.4 Å². The molecule has 1 aromatic heterocycles. The Bertz CT molecular complexity index is 720. The average Bonchev–Trinajstić information content (AvgIpc) is 3.02. The molecule has 2 aromatic rings. The van der Waals surface area contributed by atoms with Crippen LogP contribution >= 0.6 is 0 Å². The zero-order chi connectivity index (χ0) is 19.6. The molecule has 0 saturated heterocycles. The summed E-state index contributed by atoms with van der Waals surface area (Å²) in [6.45, 7) is 11.2. The lowest BCUT2D eigenvalue weighted by molar-refractivity contribution is 0.0491. The van der Waals surface area contributed by atoms with Crippen molar-refractivity contribution < 1.29 is 18.7 Å². The summed E-state index contributed by atoms with van der Waals surface area (Å²) in [5.41, 5.74) is 1.58. The summed E-state index contributed by atoms with van der Waals surface area (Å²) >= 11 is 0. The van der Waals surface area contributed by atoms with Gasteiger partial charge in [0.15, 0.2) is 0 Å². The highest BCUT2D eigenvalue weighted by Crippen LogP contribution is 2.35. The van der Waals surface area contributed by atoms with E-state index < -0.39 is 5.97 Å². The first-order valence-electron chi connectivity index (χ1n) is 10.1. The molecule has 150 valence electrons. The molecule has 1 aromatic carbocycles. The van der Waals surface area contributed by atoms with Crippen molar-refractivity contribution >= 4 is 16.9 Å². The second kappa shape index (κ2) is 11.0. The van der Waals surface area contributed by atoms with Crippen LogP contribution in [-0.4, -0.2) is 32.3 Å². The Morgan fingerprint density at radius 3 is 2.74 bits per heavy atom. The number of furan rings is 1. The maximum atomic E-state index is 12.3. The molecule has 0 aliphatic rings. The summed E-state index contributed by atoms with van der Waals surface area (Å²) in [7, 11) is 0. The zero-order valence-corrected chi connectivity index (χ0v) is 17.1. The topological polar surface area (TPSA) is 60.7 Å². The van der Waals surface area contributed by atoms with E-state index in [4.69, 9.17) is 13.9 Å². The van der Waals surface area contributed by atoms with Gasteiger partial charge in [0.05, 0.1) is 18.6 Å². The fraction of sp³-hybridized carbons (Fsp3) is 0.591. The molecule has 0 aliphatic carbocycles. The van der Waals surface area contributed by atoms with Crippen LogP contribution in [0.15, 0.2) is 22.6 Å². The number of unbranched alkanes of at least 4 members (excludes halogenated alkanes) is 1. The molecule has 5 heteroatoms. The molecule has 0 amide bonds. The second-order valence-electron chi connectivity index (χ2n) is 7.16. The summed E-state index contributed by atoms with van der Waals surface area (Å²) in [4.78, 5) is 12.3. The second-order valence-corrected chi connectivity index (χ2v) is 7.16. The third kappa shape index (κ3) is 5.99. The first-order valence-corrected chi connectivity index (χ1v) is 10.1. The number of rotatable bonds is 12. The third-order valence-electron chi connectivity index (χ3n) is 4.33. The number of nitrogens with one attached hydrogen (secondary N) is 1. The van der Waals surface area contributed by atoms with Crippen LogP contribution in [0.5, 0.6) is 5.75 Å². The molecular weight excluding hydrogens is 342 g/mol. The van der Waals surface area contributed by atoms with Gasteiger partial charge in [-0.2, -0.15) is 0 Å². The monoisotopic (exact) mass is 375 g/mol. The third-order valence-corrected chi connectivity index (χ3v) is 4.33. The summed E-state index contributed by atoms with van der Waals surface area (Å²) in [6.07, 6.45) is 3.72. The first-order chi connectivity index (χ1) is 13.1. The van der Waals surface area contributed by atoms with Crippen molar-refractivity contribution in [2.24, 2.45) is 5.92 Å². The molecule has 1 heterocycles. The average molecular weight is 376 g/mol. The van der Waals surface area contributed by atoms with Gasteiger partial charge in [0, 0.05) is 5.56 Å². The molecule has 0 radical (unpaired) electrons. The van der Waals surface area contributed by atoms with Gasteiger partial charge in [-0.1, -0.05) is 33.3 Å². The number of esters is 1. The van der Waals surface area contributed by atoms with E-state index in [9.17, 15) is 4.79 Å². The van der Waals surface area contributed by atoms with Gasteiger partial charge >= 0.3 is 5.97 Å². The highest BCUT2D eigenvalue weighted by atomic mass is 16.5. The molecule has 0 bridgehead atoms. The van der Waals surface area contributed by atoms with Crippen LogP contribution in [0.1, 0.15) is 63.1 Å². The van der Waals surface area contributed by atoms with E-state index in [1.54, 1.807) is 6.92 Å². The first kappa shape index (κ1) is 21.3. The Hall–Kier alpha value is -2.01. The molecule has 5 nitrogen and oxygen atoms in total. The van der Waals surface area contributed by atoms with E-state index in [2.05, 4.69) is 26.1 Å². The van der Waals surface area contributed by atoms with Gasteiger partial charge in [-0.25, -0.2) is 4.79 Å². The number of fused-ring (bicyclic) bond motifs is 1. The van der Waals surface area contributed by atoms with Crippen molar-refractivity contribution in [2.75, 3.05) is 26.3 Å². The van der Waals surface area contributed by atoms with Crippen molar-refractivity contribution in [3.05, 3.63) is 29.5 Å². The van der Waals surface area contributed by atoms with Crippen LogP contribution in [0.2, 0.25) is 0 Å². The molecule has 0 fully saturated rings. The van der Waals surface area contributed by atoms with Crippen molar-refractivity contribution in [3.8, 4) is 5.75 Å². The number of carbonyl (C=O) groups is 1. The number of hydrogen-bond acceptors (Lipinski definition) is 5. The summed E-state index contributed by atoms with van der Waals surface area (Å²) < 4.78 is 17.1. The molecule has 1 N–H and O–H groups in total. The number of ether oxygens (including phenoxy) is 2. The number of carbonyl (C=O) groups excluding carboxylic acids is 1. The molecule has 2 rings (SSSR count). The maximum absolute atomic E-state index is 12.3. The largest absolute Gasteiger partial charge is 0.493 e. The van der Waals surface area contributed by atoms with Crippen molar-refractivity contribution in [1.29, 1.82) is 0 Å². The van der Waals surface area contributed by atoms with Crippen LogP contribution in [0.3, 0.4) is 0 Å². The standard InChI is InChI=1S/C22H33NO4/c1-5-7-10-17-20-18(26-14-9-13-23-15-16(3)4)11-8-12-19(20)27-21(17)22(24)25-6-2/h8,11-12,16,23H,5-7,9-10,13-15H2,1-4H3. The van der Waals surface area contributed by atoms with Crippen LogP contribution in [0, 0.1) is 5.92 Å². The van der Waals surface area contributed by atoms with Gasteiger partial charge in [-0.3, -0.25) is 0 Å². The lowest BCUT2D eigenvalue weighted by Crippen LogP contribution is -2.22. The van der Waals surface area contributed by atoms with Gasteiger partial charge in [-0.15, -0.1) is 0 Å². The van der Waals surface area contributed by atoms with Crippen molar-refractivity contribution in [1.82, 2.24) is 5.32 Å². The minimum atomic E-state index is -0.399.